The monoisotopic (exact) mass is 108 g/mol. The summed E-state index contributed by atoms with van der Waals surface area (Å²) in [4.78, 5) is 9.27. The molecule has 0 fully saturated rings. The minimum Gasteiger partial charge on any atom is -0.327 e. The third kappa shape index (κ3) is 2.11. The normalized spacial score (nSPS) is 13.7. The van der Waals surface area contributed by atoms with E-state index in [0.717, 1.165) is 0 Å². The molecule has 0 bridgehead atoms. The van der Waals surface area contributed by atoms with Crippen molar-refractivity contribution in [3.8, 4) is 0 Å². The zero-order valence-electron chi connectivity index (χ0n) is 3.10. The van der Waals surface area contributed by atoms with E-state index in [1.54, 1.807) is 0 Å². The van der Waals surface area contributed by atoms with Crippen LogP contribution in [-0.4, -0.2) is 12.0 Å². The van der Waals surface area contributed by atoms with Gasteiger partial charge in [-0.1, -0.05) is 11.6 Å². The van der Waals surface area contributed by atoms with Gasteiger partial charge >= 0.3 is 0 Å². The average Bonchev–Trinajstić information content (AvgIpc) is 1.65. The predicted molar refractivity (Wildman–Crippen MR) is 24.5 cm³/mol. The van der Waals surface area contributed by atoms with Crippen molar-refractivity contribution in [1.82, 2.24) is 0 Å². The van der Waals surface area contributed by atoms with Crippen LogP contribution in [0.5, 0.6) is 0 Å². The quantitative estimate of drug-likeness (QED) is 0.314. The summed E-state index contributed by atoms with van der Waals surface area (Å²) < 4.78 is 0. The van der Waals surface area contributed by atoms with Crippen LogP contribution >= 0.6 is 11.6 Å². The van der Waals surface area contributed by atoms with E-state index in [1.165, 1.54) is 0 Å². The first-order chi connectivity index (χ1) is 2.81. The maximum absolute atomic E-state index is 9.27. The van der Waals surface area contributed by atoms with E-state index < -0.39 is 5.50 Å². The molecular weight excluding hydrogens is 103 g/mol. The lowest BCUT2D eigenvalue weighted by Gasteiger charge is -1.86. The van der Waals surface area contributed by atoms with E-state index in [-0.39, 0.29) is 6.54 Å². The van der Waals surface area contributed by atoms with Crippen molar-refractivity contribution in [1.29, 1.82) is 0 Å². The highest BCUT2D eigenvalue weighted by molar-refractivity contribution is 6.20. The minimum absolute atomic E-state index is 0.116. The zero-order valence-corrected chi connectivity index (χ0v) is 3.85. The van der Waals surface area contributed by atoms with Gasteiger partial charge in [-0.05, 0) is 5.18 Å². The number of nitroso groups, excluding NO2 is 1. The van der Waals surface area contributed by atoms with Crippen LogP contribution in [0.3, 0.4) is 0 Å². The predicted octanol–water partition coefficient (Wildman–Crippen LogP) is 0.276. The highest BCUT2D eigenvalue weighted by atomic mass is 35.5. The van der Waals surface area contributed by atoms with Crippen molar-refractivity contribution in [3.05, 3.63) is 4.91 Å². The lowest BCUT2D eigenvalue weighted by atomic mass is 10.7. The van der Waals surface area contributed by atoms with Gasteiger partial charge in [-0.25, -0.2) is 0 Å². The molecule has 0 aliphatic heterocycles. The Labute approximate surface area is 40.4 Å². The SMILES string of the molecule is NCC(Cl)N=O. The Hall–Kier alpha value is -0.150. The third-order valence-corrected chi connectivity index (χ3v) is 0.567. The second-order valence-electron chi connectivity index (χ2n) is 0.776. The number of halogens is 1. The summed E-state index contributed by atoms with van der Waals surface area (Å²) in [5.74, 6) is 0. The lowest BCUT2D eigenvalue weighted by Crippen LogP contribution is -2.09. The van der Waals surface area contributed by atoms with Crippen LogP contribution < -0.4 is 5.73 Å². The maximum atomic E-state index is 9.27. The van der Waals surface area contributed by atoms with E-state index in [9.17, 15) is 4.91 Å². The fourth-order valence-corrected chi connectivity index (χ4v) is 0.0430. The van der Waals surface area contributed by atoms with Gasteiger partial charge in [-0.15, -0.1) is 4.91 Å². The molecule has 0 heterocycles. The second-order valence-corrected chi connectivity index (χ2v) is 1.28. The molecule has 0 aliphatic rings. The molecule has 0 saturated carbocycles. The smallest absolute Gasteiger partial charge is 0.177 e. The van der Waals surface area contributed by atoms with E-state index in [0.29, 0.717) is 0 Å². The number of nitrogens with two attached hydrogens (primary N) is 1. The molecule has 6 heavy (non-hydrogen) atoms. The van der Waals surface area contributed by atoms with E-state index >= 15 is 0 Å². The second kappa shape index (κ2) is 3.06. The maximum Gasteiger partial charge on any atom is 0.177 e. The first-order valence-electron chi connectivity index (χ1n) is 1.48. The topological polar surface area (TPSA) is 55.4 Å². The number of alkyl halides is 1. The Morgan fingerprint density at radius 2 is 2.50 bits per heavy atom. The number of hydrogen-bond acceptors (Lipinski definition) is 3. The summed E-state index contributed by atoms with van der Waals surface area (Å²) in [6.07, 6.45) is 0. The van der Waals surface area contributed by atoms with E-state index in [2.05, 4.69) is 5.18 Å². The van der Waals surface area contributed by atoms with Gasteiger partial charge in [-0.2, -0.15) is 0 Å². The summed E-state index contributed by atoms with van der Waals surface area (Å²) in [5.41, 5.74) is 4.11. The largest absolute Gasteiger partial charge is 0.327 e. The molecule has 36 valence electrons. The van der Waals surface area contributed by atoms with Gasteiger partial charge in [-0.3, -0.25) is 0 Å². The molecular formula is C2H5ClN2O. The molecule has 0 saturated heterocycles. The van der Waals surface area contributed by atoms with Crippen LogP contribution in [0.15, 0.2) is 5.18 Å². The Bertz CT molecular complexity index is 48.8. The number of hydrogen-bond donors (Lipinski definition) is 1. The molecule has 0 radical (unpaired) electrons. The molecule has 0 spiro atoms. The summed E-state index contributed by atoms with van der Waals surface area (Å²) in [5, 5.41) is 2.40. The van der Waals surface area contributed by atoms with Gasteiger partial charge in [0.1, 0.15) is 0 Å². The molecule has 0 aromatic rings. The van der Waals surface area contributed by atoms with Crippen LogP contribution in [0.1, 0.15) is 0 Å². The van der Waals surface area contributed by atoms with Crippen LogP contribution in [-0.2, 0) is 0 Å². The number of rotatable bonds is 2. The van der Waals surface area contributed by atoms with Gasteiger partial charge in [0.25, 0.3) is 0 Å². The first-order valence-corrected chi connectivity index (χ1v) is 1.91. The van der Waals surface area contributed by atoms with Crippen molar-refractivity contribution < 1.29 is 0 Å². The molecule has 0 aromatic carbocycles. The summed E-state index contributed by atoms with van der Waals surface area (Å²) in [6.45, 7) is 0.116. The standard InChI is InChI=1S/C2H5ClN2O/c3-2(1-4)5-6/h2H,1,4H2. The molecule has 0 aromatic heterocycles. The summed E-state index contributed by atoms with van der Waals surface area (Å²) in [6, 6.07) is 0. The summed E-state index contributed by atoms with van der Waals surface area (Å²) >= 11 is 5.05. The van der Waals surface area contributed by atoms with Gasteiger partial charge in [0.2, 0.25) is 0 Å². The van der Waals surface area contributed by atoms with Gasteiger partial charge in [0, 0.05) is 6.54 Å². The minimum atomic E-state index is -0.745. The Balaban J connectivity index is 2.96. The van der Waals surface area contributed by atoms with Gasteiger partial charge in [0.05, 0.1) is 0 Å². The Morgan fingerprint density at radius 3 is 2.50 bits per heavy atom. The van der Waals surface area contributed by atoms with E-state index in [1.807, 2.05) is 0 Å². The fourth-order valence-electron chi connectivity index (χ4n) is 0.0430. The fraction of sp³-hybridized carbons (Fsp3) is 1.00. The molecule has 0 rings (SSSR count). The highest BCUT2D eigenvalue weighted by Crippen LogP contribution is 1.89. The van der Waals surface area contributed by atoms with Crippen LogP contribution in [0.25, 0.3) is 0 Å². The zero-order chi connectivity index (χ0) is 4.99. The van der Waals surface area contributed by atoms with Crippen molar-refractivity contribution in [2.75, 3.05) is 6.54 Å². The van der Waals surface area contributed by atoms with Crippen molar-refractivity contribution in [3.63, 3.8) is 0 Å². The van der Waals surface area contributed by atoms with Crippen LogP contribution in [0.2, 0.25) is 0 Å². The highest BCUT2D eigenvalue weighted by Gasteiger charge is 1.93. The third-order valence-electron chi connectivity index (χ3n) is 0.309. The first kappa shape index (κ1) is 5.85. The van der Waals surface area contributed by atoms with E-state index in [4.69, 9.17) is 17.3 Å². The molecule has 3 nitrogen and oxygen atoms in total. The number of nitrogens with zero attached hydrogens (tertiary/aromatic N) is 1. The molecule has 2 N–H and O–H groups in total. The molecule has 1 atom stereocenters. The van der Waals surface area contributed by atoms with Gasteiger partial charge in [0.15, 0.2) is 5.50 Å². The summed E-state index contributed by atoms with van der Waals surface area (Å²) in [7, 11) is 0. The molecule has 0 aliphatic carbocycles. The molecule has 4 heteroatoms. The van der Waals surface area contributed by atoms with Crippen molar-refractivity contribution in [2.45, 2.75) is 5.50 Å². The van der Waals surface area contributed by atoms with Gasteiger partial charge < -0.3 is 5.73 Å². The lowest BCUT2D eigenvalue weighted by molar-refractivity contribution is 0.894. The Kier molecular flexibility index (Phi) is 2.98. The van der Waals surface area contributed by atoms with Crippen molar-refractivity contribution in [2.24, 2.45) is 10.9 Å². The average molecular weight is 109 g/mol. The van der Waals surface area contributed by atoms with Crippen molar-refractivity contribution >= 4 is 11.6 Å². The molecule has 1 unspecified atom stereocenters. The Morgan fingerprint density at radius 1 is 2.00 bits per heavy atom. The van der Waals surface area contributed by atoms with Crippen LogP contribution in [0, 0.1) is 4.91 Å². The molecule has 0 amide bonds. The van der Waals surface area contributed by atoms with Crippen LogP contribution in [0.4, 0.5) is 0 Å².